The van der Waals surface area contributed by atoms with E-state index in [1.54, 1.807) is 0 Å². The first-order valence-electron chi connectivity index (χ1n) is 6.19. The van der Waals surface area contributed by atoms with Crippen molar-refractivity contribution in [3.8, 4) is 0 Å². The van der Waals surface area contributed by atoms with Crippen molar-refractivity contribution in [3.63, 3.8) is 0 Å². The van der Waals surface area contributed by atoms with Crippen molar-refractivity contribution in [1.82, 2.24) is 10.2 Å². The molecule has 1 heterocycles. The molecular formula is C14H20N2O. The van der Waals surface area contributed by atoms with Crippen molar-refractivity contribution in [2.75, 3.05) is 26.7 Å². The summed E-state index contributed by atoms with van der Waals surface area (Å²) in [4.78, 5) is 14.0. The second-order valence-corrected chi connectivity index (χ2v) is 4.91. The monoisotopic (exact) mass is 232 g/mol. The number of benzene rings is 1. The Morgan fingerprint density at radius 1 is 1.41 bits per heavy atom. The van der Waals surface area contributed by atoms with E-state index in [-0.39, 0.29) is 5.91 Å². The number of hydrogen-bond donors (Lipinski definition) is 1. The second-order valence-electron chi connectivity index (χ2n) is 4.91. The fraction of sp³-hybridized carbons (Fsp3) is 0.500. The molecule has 3 nitrogen and oxygen atoms in total. The van der Waals surface area contributed by atoms with Gasteiger partial charge in [-0.2, -0.15) is 0 Å². The van der Waals surface area contributed by atoms with Gasteiger partial charge in [0.05, 0.1) is 0 Å². The molecule has 1 saturated heterocycles. The Hall–Kier alpha value is -1.35. The van der Waals surface area contributed by atoms with Crippen LogP contribution in [0.15, 0.2) is 24.3 Å². The van der Waals surface area contributed by atoms with Crippen LogP contribution < -0.4 is 5.32 Å². The molecule has 1 aliphatic heterocycles. The maximum atomic E-state index is 12.1. The summed E-state index contributed by atoms with van der Waals surface area (Å²) in [6, 6.07) is 7.78. The van der Waals surface area contributed by atoms with Crippen LogP contribution in [0.1, 0.15) is 22.3 Å². The lowest BCUT2D eigenvalue weighted by atomic mass is 10.1. The number of carbonyl (C=O) groups excluding carboxylic acids is 1. The highest BCUT2D eigenvalue weighted by Gasteiger charge is 2.19. The lowest BCUT2D eigenvalue weighted by Gasteiger charge is -2.20. The van der Waals surface area contributed by atoms with Crippen LogP contribution in [0.5, 0.6) is 0 Å². The molecule has 0 bridgehead atoms. The van der Waals surface area contributed by atoms with E-state index in [1.807, 2.05) is 43.1 Å². The van der Waals surface area contributed by atoms with Gasteiger partial charge in [0.1, 0.15) is 0 Å². The van der Waals surface area contributed by atoms with E-state index >= 15 is 0 Å². The maximum absolute atomic E-state index is 12.1. The summed E-state index contributed by atoms with van der Waals surface area (Å²) in [5.41, 5.74) is 1.97. The number of rotatable bonds is 3. The van der Waals surface area contributed by atoms with Crippen LogP contribution in [0.3, 0.4) is 0 Å². The smallest absolute Gasteiger partial charge is 0.253 e. The Kier molecular flexibility index (Phi) is 3.79. The molecule has 1 atom stereocenters. The van der Waals surface area contributed by atoms with E-state index in [9.17, 15) is 4.79 Å². The van der Waals surface area contributed by atoms with Crippen molar-refractivity contribution in [2.45, 2.75) is 13.3 Å². The third kappa shape index (κ3) is 3.07. The Bertz CT molecular complexity index is 380. The van der Waals surface area contributed by atoms with Gasteiger partial charge in [-0.1, -0.05) is 17.7 Å². The summed E-state index contributed by atoms with van der Waals surface area (Å²) in [7, 11) is 1.89. The summed E-state index contributed by atoms with van der Waals surface area (Å²) >= 11 is 0. The fourth-order valence-electron chi connectivity index (χ4n) is 2.26. The van der Waals surface area contributed by atoms with Gasteiger partial charge >= 0.3 is 0 Å². The van der Waals surface area contributed by atoms with E-state index in [1.165, 1.54) is 12.0 Å². The molecule has 1 amide bonds. The highest BCUT2D eigenvalue weighted by molar-refractivity contribution is 5.94. The zero-order chi connectivity index (χ0) is 12.3. The number of nitrogens with one attached hydrogen (secondary N) is 1. The minimum atomic E-state index is 0.122. The van der Waals surface area contributed by atoms with Gasteiger partial charge in [-0.3, -0.25) is 4.79 Å². The van der Waals surface area contributed by atoms with E-state index in [0.717, 1.165) is 25.2 Å². The largest absolute Gasteiger partial charge is 0.341 e. The number of amides is 1. The molecule has 0 radical (unpaired) electrons. The quantitative estimate of drug-likeness (QED) is 0.860. The minimum absolute atomic E-state index is 0.122. The zero-order valence-electron chi connectivity index (χ0n) is 10.6. The van der Waals surface area contributed by atoms with Crippen molar-refractivity contribution < 1.29 is 4.79 Å². The molecule has 0 aromatic heterocycles. The number of hydrogen-bond acceptors (Lipinski definition) is 2. The van der Waals surface area contributed by atoms with Crippen molar-refractivity contribution in [2.24, 2.45) is 5.92 Å². The van der Waals surface area contributed by atoms with Gasteiger partial charge in [0.2, 0.25) is 0 Å². The molecule has 17 heavy (non-hydrogen) atoms. The molecule has 92 valence electrons. The van der Waals surface area contributed by atoms with Crippen LogP contribution in [0.4, 0.5) is 0 Å². The molecule has 1 unspecified atom stereocenters. The third-order valence-electron chi connectivity index (χ3n) is 3.34. The van der Waals surface area contributed by atoms with Crippen LogP contribution in [-0.2, 0) is 0 Å². The van der Waals surface area contributed by atoms with Crippen LogP contribution in [0, 0.1) is 12.8 Å². The summed E-state index contributed by atoms with van der Waals surface area (Å²) < 4.78 is 0. The van der Waals surface area contributed by atoms with Gasteiger partial charge in [-0.05, 0) is 44.5 Å². The summed E-state index contributed by atoms with van der Waals surface area (Å²) in [6.45, 7) is 4.99. The van der Waals surface area contributed by atoms with E-state index in [4.69, 9.17) is 0 Å². The first-order valence-corrected chi connectivity index (χ1v) is 6.19. The molecular weight excluding hydrogens is 212 g/mol. The molecule has 1 aromatic rings. The van der Waals surface area contributed by atoms with Gasteiger partial charge in [0, 0.05) is 19.2 Å². The topological polar surface area (TPSA) is 32.3 Å². The normalized spacial score (nSPS) is 19.3. The average Bonchev–Trinajstić information content (AvgIpc) is 2.82. The van der Waals surface area contributed by atoms with Crippen molar-refractivity contribution >= 4 is 5.91 Å². The third-order valence-corrected chi connectivity index (χ3v) is 3.34. The molecule has 0 saturated carbocycles. The zero-order valence-corrected chi connectivity index (χ0v) is 10.6. The van der Waals surface area contributed by atoms with Gasteiger partial charge in [0.25, 0.3) is 5.91 Å². The molecule has 0 spiro atoms. The minimum Gasteiger partial charge on any atom is -0.341 e. The number of carbonyl (C=O) groups is 1. The lowest BCUT2D eigenvalue weighted by molar-refractivity contribution is 0.0776. The van der Waals surface area contributed by atoms with Crippen LogP contribution in [-0.4, -0.2) is 37.5 Å². The fourth-order valence-corrected chi connectivity index (χ4v) is 2.26. The molecule has 1 aromatic carbocycles. The highest BCUT2D eigenvalue weighted by atomic mass is 16.2. The van der Waals surface area contributed by atoms with E-state index in [0.29, 0.717) is 5.92 Å². The molecule has 1 aliphatic rings. The molecule has 2 rings (SSSR count). The first kappa shape index (κ1) is 12.1. The van der Waals surface area contributed by atoms with Gasteiger partial charge in [0.15, 0.2) is 0 Å². The molecule has 1 fully saturated rings. The molecule has 3 heteroatoms. The van der Waals surface area contributed by atoms with Crippen molar-refractivity contribution in [1.29, 1.82) is 0 Å². The second kappa shape index (κ2) is 5.32. The highest BCUT2D eigenvalue weighted by Crippen LogP contribution is 2.12. The molecule has 0 aliphatic carbocycles. The Labute approximate surface area is 103 Å². The van der Waals surface area contributed by atoms with Gasteiger partial charge in [-0.25, -0.2) is 0 Å². The maximum Gasteiger partial charge on any atom is 0.253 e. The predicted octanol–water partition coefficient (Wildman–Crippen LogP) is 1.68. The van der Waals surface area contributed by atoms with E-state index in [2.05, 4.69) is 5.32 Å². The van der Waals surface area contributed by atoms with Gasteiger partial charge in [-0.15, -0.1) is 0 Å². The standard InChI is InChI=1S/C14H20N2O/c1-11-3-5-13(6-4-11)14(17)16(2)10-12-7-8-15-9-12/h3-6,12,15H,7-10H2,1-2H3. The molecule has 1 N–H and O–H groups in total. The van der Waals surface area contributed by atoms with Crippen LogP contribution >= 0.6 is 0 Å². The van der Waals surface area contributed by atoms with Crippen molar-refractivity contribution in [3.05, 3.63) is 35.4 Å². The SMILES string of the molecule is Cc1ccc(C(=O)N(C)CC2CCNC2)cc1. The number of nitrogens with zero attached hydrogens (tertiary/aromatic N) is 1. The number of aryl methyl sites for hydroxylation is 1. The summed E-state index contributed by atoms with van der Waals surface area (Å²) in [5.74, 6) is 0.728. The van der Waals surface area contributed by atoms with E-state index < -0.39 is 0 Å². The van der Waals surface area contributed by atoms with Crippen LogP contribution in [0.25, 0.3) is 0 Å². The average molecular weight is 232 g/mol. The van der Waals surface area contributed by atoms with Crippen LogP contribution in [0.2, 0.25) is 0 Å². The summed E-state index contributed by atoms with van der Waals surface area (Å²) in [5, 5.41) is 3.33. The predicted molar refractivity (Wildman–Crippen MR) is 69.1 cm³/mol. The Morgan fingerprint density at radius 3 is 2.71 bits per heavy atom. The Morgan fingerprint density at radius 2 is 2.12 bits per heavy atom. The van der Waals surface area contributed by atoms with Gasteiger partial charge < -0.3 is 10.2 Å². The lowest BCUT2D eigenvalue weighted by Crippen LogP contribution is -2.32. The first-order chi connectivity index (χ1) is 8.16. The Balaban J connectivity index is 1.96. The summed E-state index contributed by atoms with van der Waals surface area (Å²) in [6.07, 6.45) is 1.17.